The fourth-order valence-corrected chi connectivity index (χ4v) is 3.74. The van der Waals surface area contributed by atoms with Crippen molar-refractivity contribution in [1.82, 2.24) is 14.3 Å². The highest BCUT2D eigenvalue weighted by molar-refractivity contribution is 7.89. The lowest BCUT2D eigenvalue weighted by Gasteiger charge is -2.10. The topological polar surface area (TPSA) is 90.3 Å². The first-order chi connectivity index (χ1) is 14.6. The molecule has 1 aromatic heterocycles. The minimum Gasteiger partial charge on any atom is -0.497 e. The largest absolute Gasteiger partial charge is 0.497 e. The normalized spacial score (nSPS) is 12.0. The number of methoxy groups -OCH3 is 1. The fourth-order valence-electron chi connectivity index (χ4n) is 2.72. The molecule has 1 heterocycles. The molecule has 164 valence electrons. The van der Waals surface area contributed by atoms with Gasteiger partial charge in [0.05, 0.1) is 29.6 Å². The molecule has 3 rings (SSSR count). The smallest absolute Gasteiger partial charge is 0.416 e. The number of aromatic nitrogens is 2. The number of sulfonamides is 1. The first kappa shape index (κ1) is 22.5. The van der Waals surface area contributed by atoms with E-state index in [1.165, 1.54) is 17.0 Å². The maximum absolute atomic E-state index is 12.6. The summed E-state index contributed by atoms with van der Waals surface area (Å²) in [6, 6.07) is 11.4. The highest BCUT2D eigenvalue weighted by atomic mass is 32.2. The number of nitrogens with zero attached hydrogens (tertiary/aromatic N) is 2. The van der Waals surface area contributed by atoms with Gasteiger partial charge in [0.15, 0.2) is 0 Å². The van der Waals surface area contributed by atoms with Gasteiger partial charge in [0, 0.05) is 24.7 Å². The van der Waals surface area contributed by atoms with Gasteiger partial charge in [-0.2, -0.15) is 13.2 Å². The molecule has 7 nitrogen and oxygen atoms in total. The number of hydrogen-bond donors (Lipinski definition) is 1. The Labute approximate surface area is 176 Å². The third-order valence-corrected chi connectivity index (χ3v) is 5.88. The maximum Gasteiger partial charge on any atom is 0.416 e. The van der Waals surface area contributed by atoms with Crippen LogP contribution in [0.4, 0.5) is 13.2 Å². The van der Waals surface area contributed by atoms with Gasteiger partial charge in [-0.3, -0.25) is 9.36 Å². The summed E-state index contributed by atoms with van der Waals surface area (Å²) in [7, 11) is -2.49. The molecule has 0 atom stereocenters. The first-order valence-corrected chi connectivity index (χ1v) is 10.5. The molecule has 1 N–H and O–H groups in total. The van der Waals surface area contributed by atoms with Crippen LogP contribution in [0.25, 0.3) is 11.3 Å². The van der Waals surface area contributed by atoms with Gasteiger partial charge in [0.1, 0.15) is 5.75 Å². The highest BCUT2D eigenvalue weighted by Gasteiger charge is 2.30. The molecule has 0 spiro atoms. The van der Waals surface area contributed by atoms with Crippen molar-refractivity contribution >= 4 is 10.0 Å². The Kier molecular flexibility index (Phi) is 6.46. The molecule has 0 aliphatic heterocycles. The van der Waals surface area contributed by atoms with Crippen LogP contribution >= 0.6 is 0 Å². The third kappa shape index (κ3) is 5.50. The van der Waals surface area contributed by atoms with E-state index in [0.717, 1.165) is 12.1 Å². The van der Waals surface area contributed by atoms with Gasteiger partial charge in [-0.15, -0.1) is 0 Å². The van der Waals surface area contributed by atoms with Gasteiger partial charge in [0.25, 0.3) is 5.56 Å². The summed E-state index contributed by atoms with van der Waals surface area (Å²) in [6.07, 6.45) is -3.25. The standard InChI is InChI=1S/C20H18F3N3O4S/c1-30-16-6-2-14(3-7-16)18-12-19(27)26(13-24-18)11-10-25-31(28,29)17-8-4-15(5-9-17)20(21,22)23/h2-9,12-13,25H,10-11H2,1H3. The van der Waals surface area contributed by atoms with Crippen LogP contribution in [0, 0.1) is 0 Å². The van der Waals surface area contributed by atoms with Crippen LogP contribution in [0.5, 0.6) is 5.75 Å². The molecule has 0 fully saturated rings. The molecule has 3 aromatic rings. The van der Waals surface area contributed by atoms with Crippen LogP contribution in [-0.2, 0) is 22.7 Å². The van der Waals surface area contributed by atoms with Crippen molar-refractivity contribution in [3.05, 3.63) is 76.8 Å². The van der Waals surface area contributed by atoms with E-state index in [0.29, 0.717) is 29.1 Å². The summed E-state index contributed by atoms with van der Waals surface area (Å²) in [5, 5.41) is 0. The molecule has 31 heavy (non-hydrogen) atoms. The monoisotopic (exact) mass is 453 g/mol. The van der Waals surface area contributed by atoms with Crippen molar-refractivity contribution in [2.45, 2.75) is 17.6 Å². The first-order valence-electron chi connectivity index (χ1n) is 8.98. The van der Waals surface area contributed by atoms with Crippen molar-refractivity contribution < 1.29 is 26.3 Å². The zero-order chi connectivity index (χ0) is 22.6. The number of alkyl halides is 3. The summed E-state index contributed by atoms with van der Waals surface area (Å²) in [5.74, 6) is 0.664. The second kappa shape index (κ2) is 8.90. The quantitative estimate of drug-likeness (QED) is 0.594. The molecule has 0 radical (unpaired) electrons. The lowest BCUT2D eigenvalue weighted by atomic mass is 10.1. The van der Waals surface area contributed by atoms with Crippen LogP contribution < -0.4 is 15.0 Å². The van der Waals surface area contributed by atoms with Crippen molar-refractivity contribution in [1.29, 1.82) is 0 Å². The number of ether oxygens (including phenoxy) is 1. The number of benzene rings is 2. The molecule has 0 bridgehead atoms. The molecule has 0 aliphatic rings. The van der Waals surface area contributed by atoms with Gasteiger partial charge >= 0.3 is 6.18 Å². The predicted molar refractivity (Wildman–Crippen MR) is 107 cm³/mol. The van der Waals surface area contributed by atoms with Crippen molar-refractivity contribution in [3.63, 3.8) is 0 Å². The molecule has 2 aromatic carbocycles. The lowest BCUT2D eigenvalue weighted by molar-refractivity contribution is -0.137. The van der Waals surface area contributed by atoms with E-state index in [9.17, 15) is 26.4 Å². The Morgan fingerprint density at radius 2 is 1.71 bits per heavy atom. The van der Waals surface area contributed by atoms with Gasteiger partial charge < -0.3 is 4.74 Å². The summed E-state index contributed by atoms with van der Waals surface area (Å²) in [5.41, 5.74) is -0.155. The summed E-state index contributed by atoms with van der Waals surface area (Å²) in [6.45, 7) is -0.151. The zero-order valence-electron chi connectivity index (χ0n) is 16.3. The molecule has 11 heteroatoms. The van der Waals surface area contributed by atoms with Crippen molar-refractivity contribution in [2.24, 2.45) is 0 Å². The van der Waals surface area contributed by atoms with E-state index in [1.807, 2.05) is 0 Å². The zero-order valence-corrected chi connectivity index (χ0v) is 17.1. The number of hydrogen-bond acceptors (Lipinski definition) is 5. The highest BCUT2D eigenvalue weighted by Crippen LogP contribution is 2.29. The maximum atomic E-state index is 12.6. The van der Waals surface area contributed by atoms with Crippen LogP contribution in [0.2, 0.25) is 0 Å². The Morgan fingerprint density at radius 3 is 2.26 bits per heavy atom. The van der Waals surface area contributed by atoms with Crippen LogP contribution in [0.3, 0.4) is 0 Å². The average Bonchev–Trinajstić information content (AvgIpc) is 2.74. The van der Waals surface area contributed by atoms with E-state index < -0.39 is 21.8 Å². The number of nitrogens with one attached hydrogen (secondary N) is 1. The van der Waals surface area contributed by atoms with E-state index in [4.69, 9.17) is 4.74 Å². The van der Waals surface area contributed by atoms with Gasteiger partial charge in [-0.05, 0) is 48.5 Å². The minimum atomic E-state index is -4.55. The van der Waals surface area contributed by atoms with Crippen LogP contribution in [-0.4, -0.2) is 31.6 Å². The van der Waals surface area contributed by atoms with E-state index in [2.05, 4.69) is 9.71 Å². The predicted octanol–water partition coefficient (Wildman–Crippen LogP) is 2.92. The molecule has 0 saturated carbocycles. The lowest BCUT2D eigenvalue weighted by Crippen LogP contribution is -2.31. The van der Waals surface area contributed by atoms with E-state index in [1.54, 1.807) is 31.4 Å². The Hall–Kier alpha value is -3.18. The van der Waals surface area contributed by atoms with E-state index in [-0.39, 0.29) is 23.5 Å². The molecule has 0 amide bonds. The number of halogens is 3. The van der Waals surface area contributed by atoms with Gasteiger partial charge in [0.2, 0.25) is 10.0 Å². The van der Waals surface area contributed by atoms with Gasteiger partial charge in [-0.1, -0.05) is 0 Å². The Bertz CT molecular complexity index is 1210. The molecular formula is C20H18F3N3O4S. The van der Waals surface area contributed by atoms with Crippen molar-refractivity contribution in [3.8, 4) is 17.0 Å². The molecular weight excluding hydrogens is 435 g/mol. The third-order valence-electron chi connectivity index (χ3n) is 4.40. The second-order valence-corrected chi connectivity index (χ2v) is 8.22. The minimum absolute atomic E-state index is 0.00537. The summed E-state index contributed by atoms with van der Waals surface area (Å²) in [4.78, 5) is 16.2. The summed E-state index contributed by atoms with van der Waals surface area (Å²) < 4.78 is 70.9. The van der Waals surface area contributed by atoms with Crippen LogP contribution in [0.1, 0.15) is 5.56 Å². The van der Waals surface area contributed by atoms with Gasteiger partial charge in [-0.25, -0.2) is 18.1 Å². The summed E-state index contributed by atoms with van der Waals surface area (Å²) >= 11 is 0. The molecule has 0 saturated heterocycles. The molecule has 0 unspecified atom stereocenters. The molecule has 0 aliphatic carbocycles. The van der Waals surface area contributed by atoms with Crippen LogP contribution in [0.15, 0.2) is 70.6 Å². The Morgan fingerprint density at radius 1 is 1.06 bits per heavy atom. The second-order valence-electron chi connectivity index (χ2n) is 6.45. The average molecular weight is 453 g/mol. The van der Waals surface area contributed by atoms with Crippen molar-refractivity contribution in [2.75, 3.05) is 13.7 Å². The SMILES string of the molecule is COc1ccc(-c2cc(=O)n(CCNS(=O)(=O)c3ccc(C(F)(F)F)cc3)cn2)cc1. The Balaban J connectivity index is 1.65. The van der Waals surface area contributed by atoms with E-state index >= 15 is 0 Å². The number of rotatable bonds is 7. The fraction of sp³-hybridized carbons (Fsp3) is 0.200.